The monoisotopic (exact) mass is 443 g/mol. The van der Waals surface area contributed by atoms with Gasteiger partial charge in [-0.2, -0.15) is 13.2 Å². The second kappa shape index (κ2) is 12.9. The average Bonchev–Trinajstić information content (AvgIpc) is 3.26. The van der Waals surface area contributed by atoms with Gasteiger partial charge in [0, 0.05) is 19.7 Å². The van der Waals surface area contributed by atoms with Crippen molar-refractivity contribution in [3.8, 4) is 5.75 Å². The third-order valence-corrected chi connectivity index (χ3v) is 4.01. The van der Waals surface area contributed by atoms with Gasteiger partial charge in [0.2, 0.25) is 0 Å². The Morgan fingerprint density at radius 3 is 2.61 bits per heavy atom. The lowest BCUT2D eigenvalue weighted by Crippen LogP contribution is -2.39. The molecule has 10 heteroatoms. The molecule has 2 aromatic rings. The molecule has 1 aromatic carbocycles. The van der Waals surface area contributed by atoms with Crippen molar-refractivity contribution in [2.45, 2.75) is 32.2 Å². The fraction of sp³-hybridized carbons (Fsp3) is 0.476. The van der Waals surface area contributed by atoms with Gasteiger partial charge in [-0.05, 0) is 49.7 Å². The van der Waals surface area contributed by atoms with E-state index in [-0.39, 0.29) is 18.9 Å². The van der Waals surface area contributed by atoms with E-state index in [1.54, 1.807) is 6.26 Å². The Labute approximate surface area is 179 Å². The topological polar surface area (TPSA) is 88.3 Å². The number of rotatable bonds is 12. The number of nitrogens with zero attached hydrogens (tertiary/aromatic N) is 1. The lowest BCUT2D eigenvalue weighted by molar-refractivity contribution is -0.137. The van der Waals surface area contributed by atoms with E-state index >= 15 is 0 Å². The number of ether oxygens (including phenoxy) is 2. The molecule has 1 unspecified atom stereocenters. The SMILES string of the molecule is CCNC(=NCC(O)COc1ccc(C(F)(F)F)cc1)NCCCOCc1ccco1. The molecule has 7 nitrogen and oxygen atoms in total. The molecule has 2 rings (SSSR count). The summed E-state index contributed by atoms with van der Waals surface area (Å²) < 4.78 is 53.7. The zero-order valence-corrected chi connectivity index (χ0v) is 17.3. The Morgan fingerprint density at radius 2 is 1.97 bits per heavy atom. The van der Waals surface area contributed by atoms with Crippen LogP contribution in [0.3, 0.4) is 0 Å². The van der Waals surface area contributed by atoms with Crippen LogP contribution in [0.5, 0.6) is 5.75 Å². The highest BCUT2D eigenvalue weighted by atomic mass is 19.4. The summed E-state index contributed by atoms with van der Waals surface area (Å²) in [6.07, 6.45) is -2.95. The summed E-state index contributed by atoms with van der Waals surface area (Å²) in [7, 11) is 0. The van der Waals surface area contributed by atoms with Gasteiger partial charge in [-0.15, -0.1) is 0 Å². The molecule has 31 heavy (non-hydrogen) atoms. The molecule has 0 radical (unpaired) electrons. The molecular formula is C21H28F3N3O4. The number of furan rings is 1. The fourth-order valence-electron chi connectivity index (χ4n) is 2.47. The van der Waals surface area contributed by atoms with E-state index in [4.69, 9.17) is 13.9 Å². The predicted molar refractivity (Wildman–Crippen MR) is 110 cm³/mol. The van der Waals surface area contributed by atoms with Crippen molar-refractivity contribution in [1.29, 1.82) is 0 Å². The fourth-order valence-corrected chi connectivity index (χ4v) is 2.47. The van der Waals surface area contributed by atoms with Crippen molar-refractivity contribution < 1.29 is 32.2 Å². The van der Waals surface area contributed by atoms with E-state index in [0.29, 0.717) is 32.3 Å². The molecule has 0 saturated heterocycles. The van der Waals surface area contributed by atoms with Crippen molar-refractivity contribution in [2.24, 2.45) is 4.99 Å². The number of aliphatic hydroxyl groups excluding tert-OH is 1. The third-order valence-electron chi connectivity index (χ3n) is 4.01. The summed E-state index contributed by atoms with van der Waals surface area (Å²) in [5, 5.41) is 16.3. The van der Waals surface area contributed by atoms with Crippen molar-refractivity contribution >= 4 is 5.96 Å². The van der Waals surface area contributed by atoms with Crippen molar-refractivity contribution in [2.75, 3.05) is 32.8 Å². The van der Waals surface area contributed by atoms with Crippen LogP contribution >= 0.6 is 0 Å². The van der Waals surface area contributed by atoms with Gasteiger partial charge in [0.05, 0.1) is 18.4 Å². The van der Waals surface area contributed by atoms with Crippen molar-refractivity contribution in [3.05, 3.63) is 54.0 Å². The lowest BCUT2D eigenvalue weighted by atomic mass is 10.2. The Balaban J connectivity index is 1.66. The number of alkyl halides is 3. The van der Waals surface area contributed by atoms with Crippen molar-refractivity contribution in [3.63, 3.8) is 0 Å². The molecule has 1 atom stereocenters. The number of halogens is 3. The van der Waals surface area contributed by atoms with Gasteiger partial charge in [-0.25, -0.2) is 0 Å². The number of aliphatic imine (C=N–C) groups is 1. The molecule has 0 saturated carbocycles. The van der Waals surface area contributed by atoms with Crippen LogP contribution in [-0.2, 0) is 17.5 Å². The highest BCUT2D eigenvalue weighted by molar-refractivity contribution is 5.79. The van der Waals surface area contributed by atoms with Gasteiger partial charge in [-0.3, -0.25) is 4.99 Å². The van der Waals surface area contributed by atoms with Crippen LogP contribution in [-0.4, -0.2) is 50.0 Å². The first-order valence-electron chi connectivity index (χ1n) is 9.99. The summed E-state index contributed by atoms with van der Waals surface area (Å²) in [6.45, 7) is 4.16. The first kappa shape index (κ1) is 24.5. The number of hydrogen-bond acceptors (Lipinski definition) is 5. The van der Waals surface area contributed by atoms with Gasteiger partial charge in [0.25, 0.3) is 0 Å². The first-order valence-corrected chi connectivity index (χ1v) is 9.99. The van der Waals surface area contributed by atoms with Crippen LogP contribution < -0.4 is 15.4 Å². The molecule has 0 fully saturated rings. The maximum Gasteiger partial charge on any atom is 0.416 e. The summed E-state index contributed by atoms with van der Waals surface area (Å²) in [5.74, 6) is 1.56. The van der Waals surface area contributed by atoms with Crippen molar-refractivity contribution in [1.82, 2.24) is 10.6 Å². The van der Waals surface area contributed by atoms with Crippen LogP contribution in [0, 0.1) is 0 Å². The second-order valence-electron chi connectivity index (χ2n) is 6.62. The zero-order valence-electron chi connectivity index (χ0n) is 17.3. The van der Waals surface area contributed by atoms with Crippen LogP contribution in [0.25, 0.3) is 0 Å². The second-order valence-corrected chi connectivity index (χ2v) is 6.62. The number of guanidine groups is 1. The van der Waals surface area contributed by atoms with Gasteiger partial charge in [-0.1, -0.05) is 0 Å². The minimum atomic E-state index is -4.39. The molecule has 0 spiro atoms. The minimum Gasteiger partial charge on any atom is -0.491 e. The lowest BCUT2D eigenvalue weighted by Gasteiger charge is -2.14. The van der Waals surface area contributed by atoms with E-state index in [2.05, 4.69) is 15.6 Å². The molecule has 0 aliphatic rings. The van der Waals surface area contributed by atoms with E-state index < -0.39 is 17.8 Å². The smallest absolute Gasteiger partial charge is 0.416 e. The summed E-state index contributed by atoms with van der Waals surface area (Å²) in [4.78, 5) is 4.29. The average molecular weight is 443 g/mol. The standard InChI is InChI=1S/C21H28F3N3O4/c1-2-25-20(26-10-4-11-29-15-19-5-3-12-30-19)27-13-17(28)14-31-18-8-6-16(7-9-18)21(22,23)24/h3,5-9,12,17,28H,2,4,10-11,13-15H2,1H3,(H2,25,26,27). The van der Waals surface area contributed by atoms with E-state index in [1.165, 1.54) is 12.1 Å². The number of aliphatic hydroxyl groups is 1. The summed E-state index contributed by atoms with van der Waals surface area (Å²) in [6, 6.07) is 7.97. The summed E-state index contributed by atoms with van der Waals surface area (Å²) >= 11 is 0. The Kier molecular flexibility index (Phi) is 10.2. The Morgan fingerprint density at radius 1 is 1.19 bits per heavy atom. The Hall–Kier alpha value is -2.72. The summed E-state index contributed by atoms with van der Waals surface area (Å²) in [5.41, 5.74) is -0.752. The van der Waals surface area contributed by atoms with Gasteiger partial charge < -0.3 is 29.6 Å². The molecule has 3 N–H and O–H groups in total. The highest BCUT2D eigenvalue weighted by Crippen LogP contribution is 2.30. The van der Waals surface area contributed by atoms with E-state index in [0.717, 1.165) is 24.3 Å². The van der Waals surface area contributed by atoms with Gasteiger partial charge >= 0.3 is 6.18 Å². The first-order chi connectivity index (χ1) is 14.9. The van der Waals surface area contributed by atoms with Gasteiger partial charge in [0.15, 0.2) is 5.96 Å². The van der Waals surface area contributed by atoms with Gasteiger partial charge in [0.1, 0.15) is 30.8 Å². The minimum absolute atomic E-state index is 0.0744. The molecule has 1 aromatic heterocycles. The maximum absolute atomic E-state index is 12.6. The number of nitrogens with one attached hydrogen (secondary N) is 2. The number of benzene rings is 1. The third kappa shape index (κ3) is 9.75. The van der Waals surface area contributed by atoms with E-state index in [1.807, 2.05) is 19.1 Å². The van der Waals surface area contributed by atoms with Crippen LogP contribution in [0.15, 0.2) is 52.1 Å². The van der Waals surface area contributed by atoms with Crippen LogP contribution in [0.4, 0.5) is 13.2 Å². The Bertz CT molecular complexity index is 765. The largest absolute Gasteiger partial charge is 0.491 e. The van der Waals surface area contributed by atoms with E-state index in [9.17, 15) is 18.3 Å². The maximum atomic E-state index is 12.6. The van der Waals surface area contributed by atoms with Crippen LogP contribution in [0.2, 0.25) is 0 Å². The normalized spacial score (nSPS) is 13.1. The number of hydrogen-bond donors (Lipinski definition) is 3. The molecular weight excluding hydrogens is 415 g/mol. The predicted octanol–water partition coefficient (Wildman–Crippen LogP) is 3.20. The van der Waals surface area contributed by atoms with Crippen LogP contribution in [0.1, 0.15) is 24.7 Å². The molecule has 0 amide bonds. The molecule has 172 valence electrons. The zero-order chi connectivity index (χ0) is 22.5. The quantitative estimate of drug-likeness (QED) is 0.265. The molecule has 0 aliphatic carbocycles. The molecule has 0 bridgehead atoms. The highest BCUT2D eigenvalue weighted by Gasteiger charge is 2.30. The molecule has 1 heterocycles. The molecule has 0 aliphatic heterocycles.